The van der Waals surface area contributed by atoms with Gasteiger partial charge >= 0.3 is 5.69 Å². The number of aromatic nitrogens is 2. The minimum atomic E-state index is -0.370. The quantitative estimate of drug-likeness (QED) is 0.811. The zero-order valence-corrected chi connectivity index (χ0v) is 13.6. The average Bonchev–Trinajstić information content (AvgIpc) is 2.77. The van der Waals surface area contributed by atoms with Gasteiger partial charge in [0, 0.05) is 12.6 Å². The average molecular weight is 318 g/mol. The summed E-state index contributed by atoms with van der Waals surface area (Å²) in [5.41, 5.74) is 1.28. The molecule has 7 nitrogen and oxygen atoms in total. The standard InChI is InChI=1S/C16H22N4O3/c1-4-19-12-7-5-6-8-13(12)20(16(19)23)10-15(22)17-9-14(21)18-11(2)3/h5-8,11H,4,9-10H2,1-3H3,(H,17,22)(H,18,21). The molecule has 0 unspecified atom stereocenters. The number of hydrogen-bond acceptors (Lipinski definition) is 3. The topological polar surface area (TPSA) is 85.1 Å². The Morgan fingerprint density at radius 3 is 2.26 bits per heavy atom. The van der Waals surface area contributed by atoms with Crippen LogP contribution in [0.5, 0.6) is 0 Å². The van der Waals surface area contributed by atoms with Gasteiger partial charge in [-0.3, -0.25) is 18.7 Å². The summed E-state index contributed by atoms with van der Waals surface area (Å²) >= 11 is 0. The number of fused-ring (bicyclic) bond motifs is 1. The number of benzene rings is 1. The summed E-state index contributed by atoms with van der Waals surface area (Å²) in [4.78, 5) is 36.0. The number of nitrogens with zero attached hydrogens (tertiary/aromatic N) is 2. The van der Waals surface area contributed by atoms with Crippen molar-refractivity contribution < 1.29 is 9.59 Å². The summed E-state index contributed by atoms with van der Waals surface area (Å²) in [5.74, 6) is -0.623. The second kappa shape index (κ2) is 7.13. The zero-order valence-electron chi connectivity index (χ0n) is 13.6. The zero-order chi connectivity index (χ0) is 17.0. The van der Waals surface area contributed by atoms with Crippen LogP contribution in [-0.4, -0.2) is 33.5 Å². The molecule has 1 aromatic carbocycles. The van der Waals surface area contributed by atoms with Crippen LogP contribution in [0, 0.1) is 0 Å². The third-order valence-corrected chi connectivity index (χ3v) is 3.44. The molecule has 0 radical (unpaired) electrons. The maximum Gasteiger partial charge on any atom is 0.329 e. The first-order valence-electron chi connectivity index (χ1n) is 7.68. The summed E-state index contributed by atoms with van der Waals surface area (Å²) in [6, 6.07) is 7.36. The number of nitrogens with one attached hydrogen (secondary N) is 2. The van der Waals surface area contributed by atoms with Crippen molar-refractivity contribution in [3.05, 3.63) is 34.7 Å². The molecule has 0 aliphatic heterocycles. The van der Waals surface area contributed by atoms with Crippen LogP contribution in [0.25, 0.3) is 11.0 Å². The number of hydrogen-bond donors (Lipinski definition) is 2. The molecule has 0 aliphatic rings. The monoisotopic (exact) mass is 318 g/mol. The van der Waals surface area contributed by atoms with Gasteiger partial charge in [0.2, 0.25) is 11.8 Å². The number of carbonyl (C=O) groups is 2. The van der Waals surface area contributed by atoms with Crippen molar-refractivity contribution in [1.29, 1.82) is 0 Å². The molecule has 124 valence electrons. The Kier molecular flexibility index (Phi) is 5.20. The summed E-state index contributed by atoms with van der Waals surface area (Å²) < 4.78 is 3.04. The van der Waals surface area contributed by atoms with Crippen molar-refractivity contribution in [2.75, 3.05) is 6.54 Å². The molecule has 0 aliphatic carbocycles. The van der Waals surface area contributed by atoms with E-state index in [1.165, 1.54) is 4.57 Å². The Labute approximate surface area is 134 Å². The van der Waals surface area contributed by atoms with Gasteiger partial charge in [0.15, 0.2) is 0 Å². The van der Waals surface area contributed by atoms with E-state index in [0.717, 1.165) is 5.52 Å². The first-order chi connectivity index (χ1) is 10.9. The van der Waals surface area contributed by atoms with Crippen molar-refractivity contribution in [3.63, 3.8) is 0 Å². The van der Waals surface area contributed by atoms with E-state index < -0.39 is 0 Å². The van der Waals surface area contributed by atoms with Gasteiger partial charge in [-0.25, -0.2) is 4.79 Å². The number of rotatable bonds is 6. The van der Waals surface area contributed by atoms with Gasteiger partial charge < -0.3 is 10.6 Å². The molecule has 2 rings (SSSR count). The maximum absolute atomic E-state index is 12.4. The fourth-order valence-electron chi connectivity index (χ4n) is 2.48. The van der Waals surface area contributed by atoms with E-state index in [0.29, 0.717) is 12.1 Å². The van der Waals surface area contributed by atoms with E-state index in [1.807, 2.05) is 45.0 Å². The van der Waals surface area contributed by atoms with Gasteiger partial charge in [-0.1, -0.05) is 12.1 Å². The van der Waals surface area contributed by atoms with Crippen LogP contribution in [0.3, 0.4) is 0 Å². The lowest BCUT2D eigenvalue weighted by Crippen LogP contribution is -2.41. The van der Waals surface area contributed by atoms with Crippen molar-refractivity contribution >= 4 is 22.8 Å². The number of para-hydroxylation sites is 2. The van der Waals surface area contributed by atoms with Gasteiger partial charge in [0.1, 0.15) is 6.54 Å². The summed E-state index contributed by atoms with van der Waals surface area (Å²) in [6.45, 7) is 5.90. The number of carbonyl (C=O) groups excluding carboxylic acids is 2. The maximum atomic E-state index is 12.4. The highest BCUT2D eigenvalue weighted by Gasteiger charge is 2.14. The van der Waals surface area contributed by atoms with E-state index in [-0.39, 0.29) is 36.6 Å². The summed E-state index contributed by atoms with van der Waals surface area (Å²) in [7, 11) is 0. The molecule has 0 atom stereocenters. The molecule has 7 heteroatoms. The number of aryl methyl sites for hydroxylation is 1. The SMILES string of the molecule is CCn1c(=O)n(CC(=O)NCC(=O)NC(C)C)c2ccccc21. The van der Waals surface area contributed by atoms with E-state index in [1.54, 1.807) is 4.57 Å². The van der Waals surface area contributed by atoms with E-state index in [4.69, 9.17) is 0 Å². The molecule has 0 fully saturated rings. The van der Waals surface area contributed by atoms with Crippen LogP contribution in [0.1, 0.15) is 20.8 Å². The highest BCUT2D eigenvalue weighted by atomic mass is 16.2. The third-order valence-electron chi connectivity index (χ3n) is 3.44. The fraction of sp³-hybridized carbons (Fsp3) is 0.438. The van der Waals surface area contributed by atoms with E-state index >= 15 is 0 Å². The largest absolute Gasteiger partial charge is 0.352 e. The Bertz CT molecular complexity index is 773. The smallest absolute Gasteiger partial charge is 0.329 e. The van der Waals surface area contributed by atoms with Gasteiger partial charge in [-0.05, 0) is 32.9 Å². The Morgan fingerprint density at radius 1 is 1.09 bits per heavy atom. The molecule has 2 aromatic rings. The lowest BCUT2D eigenvalue weighted by Gasteiger charge is -2.09. The molecule has 0 saturated heterocycles. The van der Waals surface area contributed by atoms with Crippen molar-refractivity contribution in [2.45, 2.75) is 39.9 Å². The van der Waals surface area contributed by atoms with Crippen LogP contribution >= 0.6 is 0 Å². The molecular formula is C16H22N4O3. The molecule has 2 N–H and O–H groups in total. The van der Waals surface area contributed by atoms with Gasteiger partial charge in [0.05, 0.1) is 17.6 Å². The van der Waals surface area contributed by atoms with Crippen LogP contribution in [0.2, 0.25) is 0 Å². The molecule has 0 bridgehead atoms. The van der Waals surface area contributed by atoms with Gasteiger partial charge in [0.25, 0.3) is 0 Å². The van der Waals surface area contributed by atoms with Gasteiger partial charge in [-0.15, -0.1) is 0 Å². The summed E-state index contributed by atoms with van der Waals surface area (Å²) in [5, 5.41) is 5.23. The molecule has 1 heterocycles. The fourth-order valence-corrected chi connectivity index (χ4v) is 2.48. The number of imidazole rings is 1. The minimum absolute atomic E-state index is 0.0181. The Morgan fingerprint density at radius 2 is 1.70 bits per heavy atom. The highest BCUT2D eigenvalue weighted by Crippen LogP contribution is 2.12. The predicted octanol–water partition coefficient (Wildman–Crippen LogP) is 0.464. The normalized spacial score (nSPS) is 11.0. The lowest BCUT2D eigenvalue weighted by atomic mass is 10.3. The Hall–Kier alpha value is -2.57. The van der Waals surface area contributed by atoms with Crippen LogP contribution < -0.4 is 16.3 Å². The molecule has 2 amide bonds. The number of amides is 2. The van der Waals surface area contributed by atoms with Crippen molar-refractivity contribution in [2.24, 2.45) is 0 Å². The molecular weight excluding hydrogens is 296 g/mol. The van der Waals surface area contributed by atoms with Crippen LogP contribution in [0.4, 0.5) is 0 Å². The summed E-state index contributed by atoms with van der Waals surface area (Å²) in [6.07, 6.45) is 0. The predicted molar refractivity (Wildman–Crippen MR) is 88.2 cm³/mol. The molecule has 1 aromatic heterocycles. The first-order valence-corrected chi connectivity index (χ1v) is 7.68. The first kappa shape index (κ1) is 16.8. The second-order valence-corrected chi connectivity index (χ2v) is 5.60. The van der Waals surface area contributed by atoms with Crippen LogP contribution in [0.15, 0.2) is 29.1 Å². The molecule has 23 heavy (non-hydrogen) atoms. The highest BCUT2D eigenvalue weighted by molar-refractivity contribution is 5.85. The van der Waals surface area contributed by atoms with Crippen molar-refractivity contribution in [3.8, 4) is 0 Å². The minimum Gasteiger partial charge on any atom is -0.352 e. The lowest BCUT2D eigenvalue weighted by molar-refractivity contribution is -0.126. The Balaban J connectivity index is 2.13. The third kappa shape index (κ3) is 3.80. The van der Waals surface area contributed by atoms with E-state index in [9.17, 15) is 14.4 Å². The van der Waals surface area contributed by atoms with E-state index in [2.05, 4.69) is 10.6 Å². The van der Waals surface area contributed by atoms with Crippen LogP contribution in [-0.2, 0) is 22.7 Å². The second-order valence-electron chi connectivity index (χ2n) is 5.60. The van der Waals surface area contributed by atoms with Gasteiger partial charge in [-0.2, -0.15) is 0 Å². The molecule has 0 saturated carbocycles. The molecule has 0 spiro atoms. The van der Waals surface area contributed by atoms with Crippen molar-refractivity contribution in [1.82, 2.24) is 19.8 Å².